The maximum atomic E-state index is 12.7. The Balaban J connectivity index is 1.56. The first-order valence-corrected chi connectivity index (χ1v) is 8.80. The van der Waals surface area contributed by atoms with Gasteiger partial charge in [-0.3, -0.25) is 0 Å². The Morgan fingerprint density at radius 1 is 1.31 bits per heavy atom. The van der Waals surface area contributed by atoms with Gasteiger partial charge in [0.15, 0.2) is 0 Å². The fourth-order valence-electron chi connectivity index (χ4n) is 3.68. The van der Waals surface area contributed by atoms with Gasteiger partial charge in [-0.25, -0.2) is 14.8 Å². The van der Waals surface area contributed by atoms with E-state index in [0.717, 1.165) is 23.4 Å². The number of carbonyl (C=O) groups is 1. The Labute approximate surface area is 153 Å². The lowest BCUT2D eigenvalue weighted by molar-refractivity contribution is 0.0521. The highest BCUT2D eigenvalue weighted by Gasteiger charge is 2.46. The van der Waals surface area contributed by atoms with Crippen LogP contribution in [-0.2, 0) is 16.8 Å². The summed E-state index contributed by atoms with van der Waals surface area (Å²) in [6, 6.07) is 9.44. The Kier molecular flexibility index (Phi) is 4.24. The van der Waals surface area contributed by atoms with E-state index in [1.165, 1.54) is 0 Å². The molecule has 0 saturated carbocycles. The molecule has 1 atom stereocenters. The predicted octanol–water partition coefficient (Wildman–Crippen LogP) is 2.25. The summed E-state index contributed by atoms with van der Waals surface area (Å²) in [5.41, 5.74) is 2.59. The Morgan fingerprint density at radius 2 is 2.12 bits per heavy atom. The summed E-state index contributed by atoms with van der Waals surface area (Å²) in [5, 5.41) is 2.96. The lowest BCUT2D eigenvalue weighted by Gasteiger charge is -2.34. The number of benzene rings is 1. The monoisotopic (exact) mass is 353 g/mol. The molecule has 136 valence electrons. The molecule has 1 fully saturated rings. The molecule has 7 heteroatoms. The number of para-hydroxylation sites is 1. The van der Waals surface area contributed by atoms with Crippen LogP contribution >= 0.6 is 0 Å². The standard InChI is InChI=1S/C19H23N5O2/c1-23(2)17-20-10-14-11-26-13-19(16(14)22-17)8-9-24(12-19)18(25)21-15-6-4-3-5-7-15/h3-7,10H,8-9,11-13H2,1-2H3,(H,21,25). The molecule has 4 rings (SSSR count). The van der Waals surface area contributed by atoms with Crippen LogP contribution in [0.3, 0.4) is 0 Å². The first-order chi connectivity index (χ1) is 12.6. The third-order valence-electron chi connectivity index (χ3n) is 5.06. The second-order valence-electron chi connectivity index (χ2n) is 7.18. The summed E-state index contributed by atoms with van der Waals surface area (Å²) in [7, 11) is 3.87. The van der Waals surface area contributed by atoms with Crippen molar-refractivity contribution in [2.75, 3.05) is 44.0 Å². The molecule has 2 aliphatic rings. The van der Waals surface area contributed by atoms with Crippen molar-refractivity contribution in [2.45, 2.75) is 18.4 Å². The predicted molar refractivity (Wildman–Crippen MR) is 99.3 cm³/mol. The number of rotatable bonds is 2. The minimum atomic E-state index is -0.255. The molecule has 1 aromatic carbocycles. The van der Waals surface area contributed by atoms with Crippen LogP contribution in [0.4, 0.5) is 16.4 Å². The van der Waals surface area contributed by atoms with Gasteiger partial charge in [-0.1, -0.05) is 18.2 Å². The third-order valence-corrected chi connectivity index (χ3v) is 5.06. The quantitative estimate of drug-likeness (QED) is 0.897. The SMILES string of the molecule is CN(C)c1ncc2c(n1)C1(CCN(C(=O)Nc3ccccc3)C1)COC2. The molecule has 3 heterocycles. The zero-order chi connectivity index (χ0) is 18.1. The molecular formula is C19H23N5O2. The van der Waals surface area contributed by atoms with E-state index in [1.54, 1.807) is 0 Å². The van der Waals surface area contributed by atoms with E-state index in [-0.39, 0.29) is 11.4 Å². The van der Waals surface area contributed by atoms with Crippen molar-refractivity contribution in [1.29, 1.82) is 0 Å². The molecule has 2 aromatic rings. The summed E-state index contributed by atoms with van der Waals surface area (Å²) < 4.78 is 5.83. The van der Waals surface area contributed by atoms with Crippen LogP contribution in [-0.4, -0.2) is 54.7 Å². The molecule has 1 aromatic heterocycles. The first-order valence-electron chi connectivity index (χ1n) is 8.80. The highest BCUT2D eigenvalue weighted by molar-refractivity contribution is 5.89. The number of ether oxygens (including phenoxy) is 1. The van der Waals surface area contributed by atoms with Crippen molar-refractivity contribution in [3.8, 4) is 0 Å². The molecule has 1 unspecified atom stereocenters. The van der Waals surface area contributed by atoms with E-state index in [2.05, 4.69) is 10.3 Å². The summed E-state index contributed by atoms with van der Waals surface area (Å²) in [6.45, 7) is 2.39. The van der Waals surface area contributed by atoms with Gasteiger partial charge < -0.3 is 19.9 Å². The minimum Gasteiger partial charge on any atom is -0.376 e. The Hall–Kier alpha value is -2.67. The van der Waals surface area contributed by atoms with Crippen molar-refractivity contribution in [3.05, 3.63) is 47.8 Å². The van der Waals surface area contributed by atoms with Crippen LogP contribution in [0.2, 0.25) is 0 Å². The van der Waals surface area contributed by atoms with Crippen molar-refractivity contribution in [2.24, 2.45) is 0 Å². The molecule has 0 aliphatic carbocycles. The number of hydrogen-bond donors (Lipinski definition) is 1. The van der Waals surface area contributed by atoms with Crippen LogP contribution < -0.4 is 10.2 Å². The molecule has 1 N–H and O–H groups in total. The number of carbonyl (C=O) groups excluding carboxylic acids is 1. The smallest absolute Gasteiger partial charge is 0.321 e. The van der Waals surface area contributed by atoms with Crippen molar-refractivity contribution in [1.82, 2.24) is 14.9 Å². The molecule has 0 bridgehead atoms. The summed E-state index contributed by atoms with van der Waals surface area (Å²) in [4.78, 5) is 25.6. The van der Waals surface area contributed by atoms with Gasteiger partial charge in [-0.15, -0.1) is 0 Å². The second-order valence-corrected chi connectivity index (χ2v) is 7.18. The van der Waals surface area contributed by atoms with Crippen LogP contribution in [0.1, 0.15) is 17.7 Å². The van der Waals surface area contributed by atoms with Gasteiger partial charge in [0.2, 0.25) is 5.95 Å². The maximum absolute atomic E-state index is 12.7. The van der Waals surface area contributed by atoms with E-state index in [9.17, 15) is 4.79 Å². The Morgan fingerprint density at radius 3 is 2.88 bits per heavy atom. The van der Waals surface area contributed by atoms with E-state index in [0.29, 0.717) is 32.3 Å². The Bertz CT molecular complexity index is 811. The van der Waals surface area contributed by atoms with Gasteiger partial charge in [0.25, 0.3) is 0 Å². The van der Waals surface area contributed by atoms with Crippen LogP contribution in [0, 0.1) is 0 Å². The number of urea groups is 1. The molecule has 2 aliphatic heterocycles. The fraction of sp³-hybridized carbons (Fsp3) is 0.421. The molecule has 7 nitrogen and oxygen atoms in total. The minimum absolute atomic E-state index is 0.0814. The summed E-state index contributed by atoms with van der Waals surface area (Å²) >= 11 is 0. The number of nitrogens with zero attached hydrogens (tertiary/aromatic N) is 4. The van der Waals surface area contributed by atoms with E-state index >= 15 is 0 Å². The lowest BCUT2D eigenvalue weighted by Crippen LogP contribution is -2.42. The largest absolute Gasteiger partial charge is 0.376 e. The molecule has 0 radical (unpaired) electrons. The molecule has 1 saturated heterocycles. The van der Waals surface area contributed by atoms with Gasteiger partial charge in [-0.2, -0.15) is 0 Å². The van der Waals surface area contributed by atoms with Gasteiger partial charge >= 0.3 is 6.03 Å². The average molecular weight is 353 g/mol. The number of hydrogen-bond acceptors (Lipinski definition) is 5. The number of likely N-dealkylation sites (tertiary alicyclic amines) is 1. The van der Waals surface area contributed by atoms with Gasteiger partial charge in [0.05, 0.1) is 24.3 Å². The second kappa shape index (κ2) is 6.57. The van der Waals surface area contributed by atoms with Crippen LogP contribution in [0.25, 0.3) is 0 Å². The topological polar surface area (TPSA) is 70.6 Å². The normalized spacial score (nSPS) is 21.5. The molecule has 1 spiro atoms. The molecule has 26 heavy (non-hydrogen) atoms. The van der Waals surface area contributed by atoms with Gasteiger partial charge in [0, 0.05) is 44.6 Å². The molecular weight excluding hydrogens is 330 g/mol. The van der Waals surface area contributed by atoms with Crippen LogP contribution in [0.5, 0.6) is 0 Å². The third kappa shape index (κ3) is 2.99. The average Bonchev–Trinajstić information content (AvgIpc) is 3.07. The van der Waals surface area contributed by atoms with Gasteiger partial charge in [0.1, 0.15) is 0 Å². The zero-order valence-electron chi connectivity index (χ0n) is 15.1. The lowest BCUT2D eigenvalue weighted by atomic mass is 9.80. The van der Waals surface area contributed by atoms with Gasteiger partial charge in [-0.05, 0) is 18.6 Å². The van der Waals surface area contributed by atoms with E-state index < -0.39 is 0 Å². The van der Waals surface area contributed by atoms with Crippen molar-refractivity contribution in [3.63, 3.8) is 0 Å². The molecule has 2 amide bonds. The summed E-state index contributed by atoms with van der Waals surface area (Å²) in [6.07, 6.45) is 2.69. The number of amides is 2. The summed E-state index contributed by atoms with van der Waals surface area (Å²) in [5.74, 6) is 0.692. The highest BCUT2D eigenvalue weighted by atomic mass is 16.5. The number of aromatic nitrogens is 2. The first kappa shape index (κ1) is 16.8. The highest BCUT2D eigenvalue weighted by Crippen LogP contribution is 2.39. The fourth-order valence-corrected chi connectivity index (χ4v) is 3.68. The maximum Gasteiger partial charge on any atom is 0.321 e. The number of fused-ring (bicyclic) bond motifs is 2. The van der Waals surface area contributed by atoms with Crippen molar-refractivity contribution < 1.29 is 9.53 Å². The zero-order valence-corrected chi connectivity index (χ0v) is 15.1. The van der Waals surface area contributed by atoms with E-state index in [1.807, 2.05) is 60.4 Å². The van der Waals surface area contributed by atoms with Crippen molar-refractivity contribution >= 4 is 17.7 Å². The number of nitrogens with one attached hydrogen (secondary N) is 1. The van der Waals surface area contributed by atoms with E-state index in [4.69, 9.17) is 9.72 Å². The number of anilines is 2. The van der Waals surface area contributed by atoms with Crippen LogP contribution in [0.15, 0.2) is 36.5 Å².